The lowest BCUT2D eigenvalue weighted by atomic mass is 9.72. The van der Waals surface area contributed by atoms with Crippen LogP contribution in [0.4, 0.5) is 0 Å². The van der Waals surface area contributed by atoms with Crippen molar-refractivity contribution in [1.29, 1.82) is 0 Å². The fraction of sp³-hybridized carbons (Fsp3) is 0.455. The van der Waals surface area contributed by atoms with Gasteiger partial charge in [-0.3, -0.25) is 9.78 Å². The van der Waals surface area contributed by atoms with Gasteiger partial charge in [0.15, 0.2) is 0 Å². The minimum Gasteiger partial charge on any atom is -0.481 e. The normalized spacial score (nSPS) is 15.7. The van der Waals surface area contributed by atoms with Crippen LogP contribution in [0, 0.1) is 5.41 Å². The van der Waals surface area contributed by atoms with Crippen molar-refractivity contribution >= 4 is 5.97 Å². The largest absolute Gasteiger partial charge is 0.481 e. The number of hydrogen-bond donors (Lipinski definition) is 2. The predicted molar refractivity (Wildman–Crippen MR) is 55.2 cm³/mol. The monoisotopic (exact) mass is 209 g/mol. The SMILES string of the molecule is CC(C)(C(=O)O)C(C)(O)c1cccnc1. The average molecular weight is 209 g/mol. The number of rotatable bonds is 3. The van der Waals surface area contributed by atoms with Crippen molar-refractivity contribution in [2.45, 2.75) is 26.4 Å². The minimum atomic E-state index is -1.45. The molecule has 0 aliphatic heterocycles. The van der Waals surface area contributed by atoms with Gasteiger partial charge in [-0.25, -0.2) is 0 Å². The summed E-state index contributed by atoms with van der Waals surface area (Å²) in [6.45, 7) is 4.46. The highest BCUT2D eigenvalue weighted by molar-refractivity contribution is 5.75. The van der Waals surface area contributed by atoms with Crippen molar-refractivity contribution in [1.82, 2.24) is 4.98 Å². The fourth-order valence-corrected chi connectivity index (χ4v) is 1.22. The molecule has 0 radical (unpaired) electrons. The van der Waals surface area contributed by atoms with Crippen molar-refractivity contribution in [2.75, 3.05) is 0 Å². The second kappa shape index (κ2) is 3.62. The van der Waals surface area contributed by atoms with Crippen molar-refractivity contribution in [3.63, 3.8) is 0 Å². The van der Waals surface area contributed by atoms with Crippen molar-refractivity contribution in [3.05, 3.63) is 30.1 Å². The van der Waals surface area contributed by atoms with E-state index in [0.717, 1.165) is 0 Å². The second-order valence-corrected chi connectivity index (χ2v) is 4.24. The van der Waals surface area contributed by atoms with Crippen LogP contribution in [-0.2, 0) is 10.4 Å². The van der Waals surface area contributed by atoms with Gasteiger partial charge in [-0.2, -0.15) is 0 Å². The van der Waals surface area contributed by atoms with E-state index in [9.17, 15) is 9.90 Å². The van der Waals surface area contributed by atoms with E-state index < -0.39 is 17.0 Å². The Morgan fingerprint density at radius 2 is 2.00 bits per heavy atom. The minimum absolute atomic E-state index is 0.498. The number of hydrogen-bond acceptors (Lipinski definition) is 3. The Kier molecular flexibility index (Phi) is 2.81. The third kappa shape index (κ3) is 1.85. The molecular weight excluding hydrogens is 194 g/mol. The molecule has 1 heterocycles. The first-order valence-electron chi connectivity index (χ1n) is 4.66. The quantitative estimate of drug-likeness (QED) is 0.789. The van der Waals surface area contributed by atoms with Crippen molar-refractivity contribution < 1.29 is 15.0 Å². The Hall–Kier alpha value is -1.42. The topological polar surface area (TPSA) is 70.4 Å². The predicted octanol–water partition coefficient (Wildman–Crippen LogP) is 1.40. The molecule has 2 N–H and O–H groups in total. The first kappa shape index (κ1) is 11.7. The highest BCUT2D eigenvalue weighted by atomic mass is 16.4. The summed E-state index contributed by atoms with van der Waals surface area (Å²) in [6.07, 6.45) is 3.05. The summed E-state index contributed by atoms with van der Waals surface area (Å²) in [5.74, 6) is -1.05. The van der Waals surface area contributed by atoms with Gasteiger partial charge in [0, 0.05) is 18.0 Å². The summed E-state index contributed by atoms with van der Waals surface area (Å²) < 4.78 is 0. The van der Waals surface area contributed by atoms with Gasteiger partial charge in [-0.05, 0) is 26.8 Å². The maximum atomic E-state index is 11.1. The summed E-state index contributed by atoms with van der Waals surface area (Å²) in [7, 11) is 0. The lowest BCUT2D eigenvalue weighted by Crippen LogP contribution is -2.45. The molecule has 0 saturated heterocycles. The molecule has 0 spiro atoms. The molecule has 1 atom stereocenters. The molecule has 1 unspecified atom stereocenters. The Morgan fingerprint density at radius 3 is 2.40 bits per heavy atom. The van der Waals surface area contributed by atoms with E-state index in [1.807, 2.05) is 0 Å². The third-order valence-corrected chi connectivity index (χ3v) is 2.98. The van der Waals surface area contributed by atoms with E-state index in [1.165, 1.54) is 27.0 Å². The zero-order valence-electron chi connectivity index (χ0n) is 9.06. The van der Waals surface area contributed by atoms with Crippen LogP contribution in [0.3, 0.4) is 0 Å². The van der Waals surface area contributed by atoms with Crippen molar-refractivity contribution in [3.8, 4) is 0 Å². The zero-order chi connectivity index (χ0) is 11.7. The lowest BCUT2D eigenvalue weighted by Gasteiger charge is -2.36. The van der Waals surface area contributed by atoms with E-state index in [2.05, 4.69) is 4.98 Å². The molecule has 1 aromatic rings. The maximum absolute atomic E-state index is 11.1. The van der Waals surface area contributed by atoms with Crippen LogP contribution in [0.25, 0.3) is 0 Å². The molecule has 82 valence electrons. The summed E-state index contributed by atoms with van der Waals surface area (Å²) in [5, 5.41) is 19.3. The van der Waals surface area contributed by atoms with Crippen LogP contribution < -0.4 is 0 Å². The molecule has 0 aliphatic carbocycles. The van der Waals surface area contributed by atoms with E-state index in [1.54, 1.807) is 18.3 Å². The molecule has 0 aliphatic rings. The summed E-state index contributed by atoms with van der Waals surface area (Å²) >= 11 is 0. The van der Waals surface area contributed by atoms with Gasteiger partial charge in [0.25, 0.3) is 0 Å². The smallest absolute Gasteiger partial charge is 0.312 e. The Bertz CT molecular complexity index is 357. The van der Waals surface area contributed by atoms with E-state index >= 15 is 0 Å². The van der Waals surface area contributed by atoms with Crippen LogP contribution in [0.15, 0.2) is 24.5 Å². The first-order valence-corrected chi connectivity index (χ1v) is 4.66. The van der Waals surface area contributed by atoms with Gasteiger partial charge in [-0.1, -0.05) is 6.07 Å². The molecule has 0 saturated carbocycles. The van der Waals surface area contributed by atoms with Gasteiger partial charge in [0.1, 0.15) is 5.60 Å². The number of pyridine rings is 1. The number of aliphatic hydroxyl groups is 1. The number of carbonyl (C=O) groups is 1. The number of carboxylic acids is 1. The van der Waals surface area contributed by atoms with Gasteiger partial charge in [0.2, 0.25) is 0 Å². The van der Waals surface area contributed by atoms with Crippen LogP contribution in [0.2, 0.25) is 0 Å². The molecule has 1 rings (SSSR count). The van der Waals surface area contributed by atoms with E-state index in [4.69, 9.17) is 5.11 Å². The molecule has 0 amide bonds. The fourth-order valence-electron chi connectivity index (χ4n) is 1.22. The lowest BCUT2D eigenvalue weighted by molar-refractivity contribution is -0.164. The van der Waals surface area contributed by atoms with Crippen LogP contribution in [0.1, 0.15) is 26.3 Å². The second-order valence-electron chi connectivity index (χ2n) is 4.24. The number of carboxylic acid groups (broad SMARTS) is 1. The van der Waals surface area contributed by atoms with Gasteiger partial charge >= 0.3 is 5.97 Å². The standard InChI is InChI=1S/C11H15NO3/c1-10(2,9(13)14)11(3,15)8-5-4-6-12-7-8/h4-7,15H,1-3H3,(H,13,14). The van der Waals surface area contributed by atoms with Crippen molar-refractivity contribution in [2.24, 2.45) is 5.41 Å². The molecule has 0 aromatic carbocycles. The average Bonchev–Trinajstić information content (AvgIpc) is 2.18. The summed E-state index contributed by atoms with van der Waals surface area (Å²) in [5.41, 5.74) is -2.22. The highest BCUT2D eigenvalue weighted by Gasteiger charge is 2.46. The van der Waals surface area contributed by atoms with E-state index in [0.29, 0.717) is 5.56 Å². The Morgan fingerprint density at radius 1 is 1.40 bits per heavy atom. The number of aromatic nitrogens is 1. The highest BCUT2D eigenvalue weighted by Crippen LogP contribution is 2.39. The summed E-state index contributed by atoms with van der Waals surface area (Å²) in [4.78, 5) is 14.9. The molecular formula is C11H15NO3. The van der Waals surface area contributed by atoms with E-state index in [-0.39, 0.29) is 0 Å². The third-order valence-electron chi connectivity index (χ3n) is 2.98. The number of nitrogens with zero attached hydrogens (tertiary/aromatic N) is 1. The maximum Gasteiger partial charge on any atom is 0.312 e. The number of aliphatic carboxylic acids is 1. The molecule has 0 fully saturated rings. The van der Waals surface area contributed by atoms with Gasteiger partial charge in [0.05, 0.1) is 5.41 Å². The Labute approximate surface area is 88.6 Å². The van der Waals surface area contributed by atoms with Crippen LogP contribution in [0.5, 0.6) is 0 Å². The summed E-state index contributed by atoms with van der Waals surface area (Å²) in [6, 6.07) is 3.33. The van der Waals surface area contributed by atoms with Crippen LogP contribution >= 0.6 is 0 Å². The molecule has 1 aromatic heterocycles. The molecule has 4 heteroatoms. The van der Waals surface area contributed by atoms with Gasteiger partial charge in [-0.15, -0.1) is 0 Å². The molecule has 15 heavy (non-hydrogen) atoms. The first-order chi connectivity index (χ1) is 6.80. The molecule has 0 bridgehead atoms. The Balaban J connectivity index is 3.19. The van der Waals surface area contributed by atoms with Gasteiger partial charge < -0.3 is 10.2 Å². The van der Waals surface area contributed by atoms with Crippen LogP contribution in [-0.4, -0.2) is 21.2 Å². The molecule has 4 nitrogen and oxygen atoms in total. The zero-order valence-corrected chi connectivity index (χ0v) is 9.06.